The molecule has 0 spiro atoms. The second-order valence-electron chi connectivity index (χ2n) is 4.69. The predicted octanol–water partition coefficient (Wildman–Crippen LogP) is 2.30. The predicted molar refractivity (Wildman–Crippen MR) is 65.8 cm³/mol. The van der Waals surface area contributed by atoms with Gasteiger partial charge in [0.1, 0.15) is 0 Å². The van der Waals surface area contributed by atoms with Crippen molar-refractivity contribution in [2.75, 3.05) is 32.1 Å². The number of likely N-dealkylation sites (tertiary alicyclic amines) is 1. The summed E-state index contributed by atoms with van der Waals surface area (Å²) >= 11 is 1.66. The highest BCUT2D eigenvalue weighted by Gasteiger charge is 2.29. The summed E-state index contributed by atoms with van der Waals surface area (Å²) < 4.78 is 24.2. The first-order valence-corrected chi connectivity index (χ1v) is 6.48. The molecule has 1 saturated heterocycles. The molecule has 1 aliphatic rings. The van der Waals surface area contributed by atoms with Crippen LogP contribution in [0.2, 0.25) is 0 Å². The van der Waals surface area contributed by atoms with Gasteiger partial charge in [-0.25, -0.2) is 13.8 Å². The van der Waals surface area contributed by atoms with Gasteiger partial charge in [-0.2, -0.15) is 0 Å². The minimum Gasteiger partial charge on any atom is -0.354 e. The van der Waals surface area contributed by atoms with Crippen molar-refractivity contribution in [2.45, 2.75) is 19.4 Å². The van der Waals surface area contributed by atoms with Gasteiger partial charge in [-0.05, 0) is 5.92 Å². The van der Waals surface area contributed by atoms with Gasteiger partial charge in [0.2, 0.25) is 6.43 Å². The van der Waals surface area contributed by atoms with Crippen molar-refractivity contribution in [3.8, 4) is 0 Å². The second kappa shape index (κ2) is 5.27. The number of halogens is 2. The molecule has 0 aromatic carbocycles. The molecule has 0 aliphatic carbocycles. The van der Waals surface area contributed by atoms with Crippen molar-refractivity contribution < 1.29 is 8.78 Å². The Morgan fingerprint density at radius 2 is 2.24 bits per heavy atom. The van der Waals surface area contributed by atoms with E-state index in [0.717, 1.165) is 24.8 Å². The van der Waals surface area contributed by atoms with E-state index in [2.05, 4.69) is 9.88 Å². The van der Waals surface area contributed by atoms with Crippen LogP contribution in [0.25, 0.3) is 0 Å². The number of alkyl halides is 2. The maximum atomic E-state index is 12.1. The lowest BCUT2D eigenvalue weighted by atomic mass is 9.97. The van der Waals surface area contributed by atoms with Crippen LogP contribution < -0.4 is 4.90 Å². The second-order valence-corrected chi connectivity index (χ2v) is 5.78. The van der Waals surface area contributed by atoms with Crippen LogP contribution in [-0.4, -0.2) is 43.5 Å². The molecule has 2 heterocycles. The van der Waals surface area contributed by atoms with Crippen molar-refractivity contribution >= 4 is 16.5 Å². The Morgan fingerprint density at radius 3 is 2.76 bits per heavy atom. The lowest BCUT2D eigenvalue weighted by molar-refractivity contribution is 0.0322. The Hall–Kier alpha value is -0.750. The third-order valence-electron chi connectivity index (χ3n) is 2.85. The van der Waals surface area contributed by atoms with E-state index in [1.807, 2.05) is 25.2 Å². The van der Waals surface area contributed by atoms with E-state index in [0.29, 0.717) is 0 Å². The fourth-order valence-corrected chi connectivity index (χ4v) is 2.88. The molecule has 0 atom stereocenters. The third-order valence-corrected chi connectivity index (χ3v) is 4.00. The number of anilines is 1. The molecule has 0 unspecified atom stereocenters. The summed E-state index contributed by atoms with van der Waals surface area (Å²) in [4.78, 5) is 9.66. The first kappa shape index (κ1) is 12.7. The van der Waals surface area contributed by atoms with Gasteiger partial charge in [-0.1, -0.05) is 0 Å². The highest BCUT2D eigenvalue weighted by Crippen LogP contribution is 2.27. The molecule has 0 saturated carbocycles. The fraction of sp³-hybridized carbons (Fsp3) is 0.727. The van der Waals surface area contributed by atoms with E-state index < -0.39 is 6.43 Å². The number of rotatable bonds is 5. The minimum absolute atomic E-state index is 0.0438. The Morgan fingerprint density at radius 1 is 1.53 bits per heavy atom. The molecule has 3 nitrogen and oxygen atoms in total. The van der Waals surface area contributed by atoms with E-state index in [1.54, 1.807) is 11.3 Å². The molecular formula is C11H17F2N3S. The van der Waals surface area contributed by atoms with E-state index in [1.165, 1.54) is 4.88 Å². The average Bonchev–Trinajstić information content (AvgIpc) is 2.62. The van der Waals surface area contributed by atoms with Gasteiger partial charge < -0.3 is 4.90 Å². The summed E-state index contributed by atoms with van der Waals surface area (Å²) in [6.07, 6.45) is -0.242. The molecule has 1 aromatic heterocycles. The molecule has 0 radical (unpaired) electrons. The zero-order valence-electron chi connectivity index (χ0n) is 10.1. The van der Waals surface area contributed by atoms with Gasteiger partial charge >= 0.3 is 0 Å². The van der Waals surface area contributed by atoms with Gasteiger partial charge in [-0.3, -0.25) is 4.90 Å². The van der Waals surface area contributed by atoms with Crippen LogP contribution in [0, 0.1) is 5.92 Å². The summed E-state index contributed by atoms with van der Waals surface area (Å²) in [6.45, 7) is 2.42. The number of nitrogens with zero attached hydrogens (tertiary/aromatic N) is 3. The molecule has 96 valence electrons. The molecule has 1 aliphatic heterocycles. The third kappa shape index (κ3) is 3.35. The van der Waals surface area contributed by atoms with Crippen LogP contribution in [0.3, 0.4) is 0 Å². The molecule has 2 rings (SSSR count). The first-order valence-electron chi connectivity index (χ1n) is 5.67. The maximum Gasteiger partial charge on any atom is 0.239 e. The van der Waals surface area contributed by atoms with Crippen molar-refractivity contribution in [1.29, 1.82) is 0 Å². The normalized spacial score (nSPS) is 17.5. The fourth-order valence-electron chi connectivity index (χ4n) is 2.00. The number of hydrogen-bond donors (Lipinski definition) is 0. The van der Waals surface area contributed by atoms with E-state index in [9.17, 15) is 8.78 Å². The Kier molecular flexibility index (Phi) is 3.93. The Bertz CT molecular complexity index is 361. The Labute approximate surface area is 104 Å². The van der Waals surface area contributed by atoms with Crippen molar-refractivity contribution in [3.05, 3.63) is 11.1 Å². The Balaban J connectivity index is 1.76. The van der Waals surface area contributed by atoms with Gasteiger partial charge in [0.05, 0.1) is 0 Å². The van der Waals surface area contributed by atoms with Crippen LogP contribution in [0.15, 0.2) is 6.20 Å². The smallest absolute Gasteiger partial charge is 0.239 e. The van der Waals surface area contributed by atoms with Crippen LogP contribution in [0.4, 0.5) is 13.9 Å². The summed E-state index contributed by atoms with van der Waals surface area (Å²) in [6, 6.07) is 0. The first-order chi connectivity index (χ1) is 8.04. The van der Waals surface area contributed by atoms with Crippen LogP contribution in [0.5, 0.6) is 0 Å². The molecule has 1 fully saturated rings. The van der Waals surface area contributed by atoms with Crippen molar-refractivity contribution in [2.24, 2.45) is 5.92 Å². The highest BCUT2D eigenvalue weighted by atomic mass is 32.1. The summed E-state index contributed by atoms with van der Waals surface area (Å²) in [7, 11) is 3.93. The van der Waals surface area contributed by atoms with Crippen molar-refractivity contribution in [1.82, 2.24) is 9.88 Å². The van der Waals surface area contributed by atoms with Crippen LogP contribution >= 0.6 is 11.3 Å². The molecule has 0 amide bonds. The monoisotopic (exact) mass is 261 g/mol. The molecule has 17 heavy (non-hydrogen) atoms. The van der Waals surface area contributed by atoms with Crippen LogP contribution in [0.1, 0.15) is 11.3 Å². The number of aromatic nitrogens is 1. The van der Waals surface area contributed by atoms with E-state index >= 15 is 0 Å². The minimum atomic E-state index is -2.16. The summed E-state index contributed by atoms with van der Waals surface area (Å²) in [5.74, 6) is 0.177. The van der Waals surface area contributed by atoms with Gasteiger partial charge in [0, 0.05) is 51.2 Å². The molecule has 6 heteroatoms. The SMILES string of the molecule is CN(C)c1ncc(CN2CC(CC(F)F)C2)s1. The number of thiazole rings is 1. The molecular weight excluding hydrogens is 244 g/mol. The standard InChI is InChI=1S/C11H17F2N3S/c1-15(2)11-14-4-9(17-11)7-16-5-8(6-16)3-10(12)13/h4,8,10H,3,5-7H2,1-2H3. The van der Waals surface area contributed by atoms with Gasteiger partial charge in [0.25, 0.3) is 0 Å². The highest BCUT2D eigenvalue weighted by molar-refractivity contribution is 7.15. The van der Waals surface area contributed by atoms with E-state index in [4.69, 9.17) is 0 Å². The average molecular weight is 261 g/mol. The number of hydrogen-bond acceptors (Lipinski definition) is 4. The topological polar surface area (TPSA) is 19.4 Å². The summed E-state index contributed by atoms with van der Waals surface area (Å²) in [5, 5.41) is 0.990. The molecule has 0 N–H and O–H groups in total. The lowest BCUT2D eigenvalue weighted by Crippen LogP contribution is -2.46. The zero-order valence-corrected chi connectivity index (χ0v) is 10.9. The molecule has 0 bridgehead atoms. The maximum absolute atomic E-state index is 12.1. The largest absolute Gasteiger partial charge is 0.354 e. The molecule has 1 aromatic rings. The zero-order chi connectivity index (χ0) is 12.4. The quantitative estimate of drug-likeness (QED) is 0.810. The van der Waals surface area contributed by atoms with Crippen LogP contribution in [-0.2, 0) is 6.54 Å². The van der Waals surface area contributed by atoms with Crippen molar-refractivity contribution in [3.63, 3.8) is 0 Å². The van der Waals surface area contributed by atoms with Gasteiger partial charge in [-0.15, -0.1) is 11.3 Å². The van der Waals surface area contributed by atoms with Gasteiger partial charge in [0.15, 0.2) is 5.13 Å². The lowest BCUT2D eigenvalue weighted by Gasteiger charge is -2.38. The van der Waals surface area contributed by atoms with E-state index in [-0.39, 0.29) is 12.3 Å². The summed E-state index contributed by atoms with van der Waals surface area (Å²) in [5.41, 5.74) is 0.